The number of thioether (sulfide) groups is 1. The normalized spacial score (nSPS) is 11.8. The van der Waals surface area contributed by atoms with Gasteiger partial charge in [0.25, 0.3) is 0 Å². The second kappa shape index (κ2) is 12.9. The summed E-state index contributed by atoms with van der Waals surface area (Å²) < 4.78 is 11.2. The molecule has 0 aliphatic heterocycles. The molecule has 2 aromatic carbocycles. The van der Waals surface area contributed by atoms with Gasteiger partial charge in [0, 0.05) is 11.1 Å². The number of amides is 1. The molecule has 0 bridgehead atoms. The maximum Gasteiger partial charge on any atom is 0.326 e. The van der Waals surface area contributed by atoms with Crippen LogP contribution in [-0.4, -0.2) is 41.6 Å². The number of hydrogen-bond acceptors (Lipinski definition) is 5. The van der Waals surface area contributed by atoms with Crippen LogP contribution in [0.4, 0.5) is 0 Å². The van der Waals surface area contributed by atoms with E-state index in [2.05, 4.69) is 5.32 Å². The molecule has 166 valence electrons. The van der Waals surface area contributed by atoms with E-state index in [1.165, 1.54) is 13.2 Å². The second-order valence-corrected chi connectivity index (χ2v) is 8.37. The van der Waals surface area contributed by atoms with E-state index in [0.717, 1.165) is 16.9 Å². The first kappa shape index (κ1) is 24.6. The number of nitrogens with one attached hydrogen (secondary N) is 1. The number of carboxylic acids is 1. The molecule has 0 aliphatic carbocycles. The highest BCUT2D eigenvalue weighted by molar-refractivity contribution is 7.99. The first-order valence-electron chi connectivity index (χ1n) is 9.77. The summed E-state index contributed by atoms with van der Waals surface area (Å²) >= 11 is 7.53. The number of aliphatic carboxylic acids is 1. The Morgan fingerprint density at radius 1 is 1.19 bits per heavy atom. The van der Waals surface area contributed by atoms with Gasteiger partial charge in [-0.15, -0.1) is 0 Å². The molecule has 0 fully saturated rings. The zero-order valence-corrected chi connectivity index (χ0v) is 19.0. The lowest BCUT2D eigenvalue weighted by Gasteiger charge is -2.13. The van der Waals surface area contributed by atoms with Crippen LogP contribution in [0.15, 0.2) is 48.5 Å². The highest BCUT2D eigenvalue weighted by Gasteiger charge is 2.18. The van der Waals surface area contributed by atoms with E-state index < -0.39 is 17.9 Å². The number of carboxylic acid groups (broad SMARTS) is 1. The number of rotatable bonds is 12. The van der Waals surface area contributed by atoms with E-state index in [9.17, 15) is 14.7 Å². The third-order valence-corrected chi connectivity index (χ3v) is 5.48. The molecular formula is C23H26ClNO5S. The Bertz CT molecular complexity index is 901. The average molecular weight is 464 g/mol. The van der Waals surface area contributed by atoms with Crippen molar-refractivity contribution in [2.24, 2.45) is 0 Å². The molecule has 8 heteroatoms. The van der Waals surface area contributed by atoms with Gasteiger partial charge in [-0.05, 0) is 59.4 Å². The van der Waals surface area contributed by atoms with Crippen LogP contribution in [0.1, 0.15) is 24.5 Å². The minimum absolute atomic E-state index is 0.359. The fourth-order valence-corrected chi connectivity index (χ4v) is 3.46. The number of benzene rings is 2. The van der Waals surface area contributed by atoms with Crippen LogP contribution in [0.5, 0.6) is 11.5 Å². The lowest BCUT2D eigenvalue weighted by molar-refractivity contribution is -0.141. The van der Waals surface area contributed by atoms with Crippen LogP contribution in [-0.2, 0) is 16.2 Å². The molecule has 0 spiro atoms. The fourth-order valence-electron chi connectivity index (χ4n) is 2.64. The van der Waals surface area contributed by atoms with Gasteiger partial charge in [-0.1, -0.05) is 36.7 Å². The van der Waals surface area contributed by atoms with Gasteiger partial charge in [-0.3, -0.25) is 4.79 Å². The zero-order valence-electron chi connectivity index (χ0n) is 17.5. The van der Waals surface area contributed by atoms with Crippen molar-refractivity contribution < 1.29 is 24.2 Å². The van der Waals surface area contributed by atoms with Crippen molar-refractivity contribution in [3.8, 4) is 11.5 Å². The first-order chi connectivity index (χ1) is 14.9. The van der Waals surface area contributed by atoms with Crippen LogP contribution >= 0.6 is 23.4 Å². The largest absolute Gasteiger partial charge is 0.493 e. The monoisotopic (exact) mass is 463 g/mol. The Morgan fingerprint density at radius 2 is 1.94 bits per heavy atom. The molecule has 0 saturated heterocycles. The van der Waals surface area contributed by atoms with Gasteiger partial charge < -0.3 is 19.9 Å². The number of ether oxygens (including phenoxy) is 2. The van der Waals surface area contributed by atoms with Crippen LogP contribution in [0.25, 0.3) is 6.08 Å². The van der Waals surface area contributed by atoms with E-state index >= 15 is 0 Å². The Kier molecular flexibility index (Phi) is 10.3. The molecule has 2 rings (SSSR count). The summed E-state index contributed by atoms with van der Waals surface area (Å²) in [6, 6.07) is 11.8. The number of carbonyl (C=O) groups excluding carboxylic acids is 1. The minimum Gasteiger partial charge on any atom is -0.493 e. The van der Waals surface area contributed by atoms with E-state index in [0.29, 0.717) is 35.3 Å². The van der Waals surface area contributed by atoms with Gasteiger partial charge in [-0.25, -0.2) is 4.79 Å². The molecule has 0 saturated carbocycles. The topological polar surface area (TPSA) is 84.9 Å². The number of carbonyl (C=O) groups is 2. The third kappa shape index (κ3) is 8.55. The van der Waals surface area contributed by atoms with Crippen LogP contribution in [0, 0.1) is 0 Å². The SMILES string of the molecule is CCSCCC(NC(=O)/C=C/c1ccc(OCc2ccc(Cl)cc2)c(OC)c1)C(=O)O. The minimum atomic E-state index is -1.04. The highest BCUT2D eigenvalue weighted by atomic mass is 35.5. The van der Waals surface area contributed by atoms with Gasteiger partial charge in [0.1, 0.15) is 12.6 Å². The maximum atomic E-state index is 12.1. The van der Waals surface area contributed by atoms with Gasteiger partial charge >= 0.3 is 5.97 Å². The van der Waals surface area contributed by atoms with E-state index in [4.69, 9.17) is 21.1 Å². The van der Waals surface area contributed by atoms with Crippen LogP contribution in [0.2, 0.25) is 5.02 Å². The van der Waals surface area contributed by atoms with Crippen molar-refractivity contribution in [3.05, 3.63) is 64.7 Å². The molecule has 0 aliphatic rings. The van der Waals surface area contributed by atoms with Gasteiger partial charge in [-0.2, -0.15) is 11.8 Å². The Hall–Kier alpha value is -2.64. The van der Waals surface area contributed by atoms with Crippen molar-refractivity contribution in [2.75, 3.05) is 18.6 Å². The molecule has 1 amide bonds. The lowest BCUT2D eigenvalue weighted by Crippen LogP contribution is -2.40. The third-order valence-electron chi connectivity index (χ3n) is 4.29. The summed E-state index contributed by atoms with van der Waals surface area (Å²) in [6.07, 6.45) is 3.29. The summed E-state index contributed by atoms with van der Waals surface area (Å²) in [7, 11) is 1.54. The summed E-state index contributed by atoms with van der Waals surface area (Å²) in [6.45, 7) is 2.36. The molecule has 31 heavy (non-hydrogen) atoms. The second-order valence-electron chi connectivity index (χ2n) is 6.54. The van der Waals surface area contributed by atoms with E-state index in [-0.39, 0.29) is 0 Å². The van der Waals surface area contributed by atoms with E-state index in [1.807, 2.05) is 19.1 Å². The Morgan fingerprint density at radius 3 is 2.58 bits per heavy atom. The zero-order chi connectivity index (χ0) is 22.6. The predicted octanol–water partition coefficient (Wildman–Crippen LogP) is 4.65. The van der Waals surface area contributed by atoms with Crippen molar-refractivity contribution >= 4 is 41.3 Å². The number of halogens is 1. The van der Waals surface area contributed by atoms with Crippen molar-refractivity contribution in [2.45, 2.75) is 26.0 Å². The average Bonchev–Trinajstić information content (AvgIpc) is 2.76. The molecular weight excluding hydrogens is 438 g/mol. The Labute approximate surface area is 191 Å². The molecule has 0 radical (unpaired) electrons. The first-order valence-corrected chi connectivity index (χ1v) is 11.3. The molecule has 6 nitrogen and oxygen atoms in total. The standard InChI is InChI=1S/C23H26ClNO5S/c1-3-31-13-12-19(23(27)28)25-22(26)11-7-16-6-10-20(21(14-16)29-2)30-15-17-4-8-18(24)9-5-17/h4-11,14,19H,3,12-13,15H2,1-2H3,(H,25,26)(H,27,28)/b11-7+. The molecule has 1 unspecified atom stereocenters. The summed E-state index contributed by atoms with van der Waals surface area (Å²) in [4.78, 5) is 23.5. The van der Waals surface area contributed by atoms with E-state index in [1.54, 1.807) is 48.2 Å². The van der Waals surface area contributed by atoms with Gasteiger partial charge in [0.2, 0.25) is 5.91 Å². The molecule has 0 heterocycles. The summed E-state index contributed by atoms with van der Waals surface area (Å²) in [5.41, 5.74) is 1.69. The van der Waals surface area contributed by atoms with Crippen molar-refractivity contribution in [3.63, 3.8) is 0 Å². The van der Waals surface area contributed by atoms with Crippen molar-refractivity contribution in [1.29, 1.82) is 0 Å². The highest BCUT2D eigenvalue weighted by Crippen LogP contribution is 2.29. The molecule has 1 atom stereocenters. The number of methoxy groups -OCH3 is 1. The number of hydrogen-bond donors (Lipinski definition) is 2. The summed E-state index contributed by atoms with van der Waals surface area (Å²) in [5, 5.41) is 12.5. The predicted molar refractivity (Wildman–Crippen MR) is 125 cm³/mol. The fraction of sp³-hybridized carbons (Fsp3) is 0.304. The quantitative estimate of drug-likeness (QED) is 0.352. The lowest BCUT2D eigenvalue weighted by atomic mass is 10.1. The van der Waals surface area contributed by atoms with Crippen molar-refractivity contribution in [1.82, 2.24) is 5.32 Å². The smallest absolute Gasteiger partial charge is 0.326 e. The van der Waals surface area contributed by atoms with Crippen LogP contribution in [0.3, 0.4) is 0 Å². The van der Waals surface area contributed by atoms with Gasteiger partial charge in [0.15, 0.2) is 11.5 Å². The molecule has 2 aromatic rings. The molecule has 2 N–H and O–H groups in total. The maximum absolute atomic E-state index is 12.1. The van der Waals surface area contributed by atoms with Gasteiger partial charge in [0.05, 0.1) is 7.11 Å². The Balaban J connectivity index is 1.97. The van der Waals surface area contributed by atoms with Crippen LogP contribution < -0.4 is 14.8 Å². The molecule has 0 aromatic heterocycles. The summed E-state index contributed by atoms with van der Waals surface area (Å²) in [5.74, 6) is 1.17.